The Bertz CT molecular complexity index is 945. The Morgan fingerprint density at radius 1 is 1.31 bits per heavy atom. The zero-order valence-corrected chi connectivity index (χ0v) is 16.1. The highest BCUT2D eigenvalue weighted by atomic mass is 16.5. The fraction of sp³-hybridized carbons (Fsp3) is 0.429. The van der Waals surface area contributed by atoms with Crippen molar-refractivity contribution in [2.24, 2.45) is 11.8 Å². The van der Waals surface area contributed by atoms with Gasteiger partial charge in [0.1, 0.15) is 5.60 Å². The van der Waals surface area contributed by atoms with Crippen LogP contribution >= 0.6 is 0 Å². The lowest BCUT2D eigenvalue weighted by Crippen LogP contribution is -2.44. The fourth-order valence-corrected chi connectivity index (χ4v) is 4.75. The van der Waals surface area contributed by atoms with E-state index in [1.807, 2.05) is 29.2 Å². The first kappa shape index (κ1) is 18.1. The van der Waals surface area contributed by atoms with Crippen LogP contribution < -0.4 is 0 Å². The van der Waals surface area contributed by atoms with Crippen LogP contribution in [-0.4, -0.2) is 63.6 Å². The minimum absolute atomic E-state index is 0.00248. The van der Waals surface area contributed by atoms with E-state index in [1.54, 1.807) is 36.6 Å². The number of aromatic nitrogens is 2. The molecule has 2 amide bonds. The predicted molar refractivity (Wildman–Crippen MR) is 101 cm³/mol. The fourth-order valence-electron chi connectivity index (χ4n) is 4.75. The van der Waals surface area contributed by atoms with E-state index in [2.05, 4.69) is 10.1 Å². The van der Waals surface area contributed by atoms with Crippen molar-refractivity contribution >= 4 is 11.8 Å². The van der Waals surface area contributed by atoms with Gasteiger partial charge in [-0.05, 0) is 24.1 Å². The SMILES string of the molecule is CN(Cc1ccno1)C(=O)[C@H]1[C@@H]2C=C[C@@]3(CN(CCc4ccncc4)C(=O)[C@H]13)O2. The molecule has 150 valence electrons. The Kier molecular flexibility index (Phi) is 4.24. The van der Waals surface area contributed by atoms with Gasteiger partial charge in [-0.2, -0.15) is 0 Å². The van der Waals surface area contributed by atoms with E-state index >= 15 is 0 Å². The molecule has 0 aromatic carbocycles. The standard InChI is InChI=1S/C21H22N4O4/c1-24(12-15-5-10-23-29-15)19(26)17-16-2-7-21(28-16)13-25(20(27)18(17)21)11-6-14-3-8-22-9-4-14/h2-5,7-10,16-18H,6,11-13H2,1H3/t16-,17-,18-,21-/m0/s1. The third-order valence-corrected chi connectivity index (χ3v) is 6.14. The number of fused-ring (bicyclic) bond motifs is 1. The maximum absolute atomic E-state index is 13.2. The molecule has 1 spiro atoms. The molecule has 5 heterocycles. The van der Waals surface area contributed by atoms with Crippen LogP contribution in [-0.2, 0) is 27.3 Å². The summed E-state index contributed by atoms with van der Waals surface area (Å²) in [6.45, 7) is 1.40. The zero-order chi connectivity index (χ0) is 20.0. The molecule has 2 fully saturated rings. The summed E-state index contributed by atoms with van der Waals surface area (Å²) in [5.41, 5.74) is 0.440. The van der Waals surface area contributed by atoms with E-state index in [0.717, 1.165) is 12.0 Å². The lowest BCUT2D eigenvalue weighted by atomic mass is 9.76. The third-order valence-electron chi connectivity index (χ3n) is 6.14. The quantitative estimate of drug-likeness (QED) is 0.681. The van der Waals surface area contributed by atoms with Crippen LogP contribution in [0.2, 0.25) is 0 Å². The minimum atomic E-state index is -0.687. The molecule has 8 nitrogen and oxygen atoms in total. The van der Waals surface area contributed by atoms with Crippen LogP contribution in [0.1, 0.15) is 11.3 Å². The second kappa shape index (κ2) is 6.81. The molecule has 0 saturated carbocycles. The molecule has 4 atom stereocenters. The third kappa shape index (κ3) is 2.95. The van der Waals surface area contributed by atoms with Crippen LogP contribution in [0.25, 0.3) is 0 Å². The number of pyridine rings is 1. The van der Waals surface area contributed by atoms with Crippen molar-refractivity contribution in [3.8, 4) is 0 Å². The molecule has 3 aliphatic rings. The molecule has 2 aromatic rings. The van der Waals surface area contributed by atoms with E-state index in [4.69, 9.17) is 9.26 Å². The van der Waals surface area contributed by atoms with Crippen molar-refractivity contribution in [1.82, 2.24) is 19.9 Å². The summed E-state index contributed by atoms with van der Waals surface area (Å²) < 4.78 is 11.3. The number of nitrogens with zero attached hydrogens (tertiary/aromatic N) is 4. The van der Waals surface area contributed by atoms with E-state index in [-0.39, 0.29) is 17.9 Å². The van der Waals surface area contributed by atoms with Gasteiger partial charge in [-0.25, -0.2) is 0 Å². The van der Waals surface area contributed by atoms with Gasteiger partial charge < -0.3 is 19.1 Å². The van der Waals surface area contributed by atoms with Gasteiger partial charge in [-0.3, -0.25) is 14.6 Å². The summed E-state index contributed by atoms with van der Waals surface area (Å²) in [6.07, 6.45) is 9.35. The van der Waals surface area contributed by atoms with Crippen LogP contribution in [0.5, 0.6) is 0 Å². The van der Waals surface area contributed by atoms with Crippen LogP contribution in [0.15, 0.2) is 53.5 Å². The topological polar surface area (TPSA) is 88.8 Å². The number of ether oxygens (including phenoxy) is 1. The van der Waals surface area contributed by atoms with Gasteiger partial charge >= 0.3 is 0 Å². The van der Waals surface area contributed by atoms with Crippen molar-refractivity contribution in [1.29, 1.82) is 0 Å². The van der Waals surface area contributed by atoms with Gasteiger partial charge in [0.15, 0.2) is 5.76 Å². The number of carbonyl (C=O) groups is 2. The van der Waals surface area contributed by atoms with E-state index in [1.165, 1.54) is 0 Å². The molecular formula is C21H22N4O4. The maximum Gasteiger partial charge on any atom is 0.230 e. The molecule has 0 unspecified atom stereocenters. The maximum atomic E-state index is 13.2. The van der Waals surface area contributed by atoms with Crippen molar-refractivity contribution in [3.05, 3.63) is 60.3 Å². The van der Waals surface area contributed by atoms with Crippen molar-refractivity contribution in [3.63, 3.8) is 0 Å². The van der Waals surface area contributed by atoms with Gasteiger partial charge in [0.2, 0.25) is 11.8 Å². The van der Waals surface area contributed by atoms with Gasteiger partial charge in [-0.1, -0.05) is 17.3 Å². The molecule has 2 saturated heterocycles. The smallest absolute Gasteiger partial charge is 0.230 e. The van der Waals surface area contributed by atoms with Gasteiger partial charge in [-0.15, -0.1) is 0 Å². The number of likely N-dealkylation sites (tertiary alicyclic amines) is 1. The second-order valence-corrected chi connectivity index (χ2v) is 7.94. The highest BCUT2D eigenvalue weighted by Gasteiger charge is 2.66. The lowest BCUT2D eigenvalue weighted by molar-refractivity contribution is -0.142. The second-order valence-electron chi connectivity index (χ2n) is 7.94. The molecule has 8 heteroatoms. The molecule has 0 N–H and O–H groups in total. The Morgan fingerprint density at radius 3 is 2.90 bits per heavy atom. The number of carbonyl (C=O) groups excluding carboxylic acids is 2. The van der Waals surface area contributed by atoms with Crippen LogP contribution in [0, 0.1) is 11.8 Å². The summed E-state index contributed by atoms with van der Waals surface area (Å²) in [4.78, 5) is 33.9. The highest BCUT2D eigenvalue weighted by Crippen LogP contribution is 2.52. The monoisotopic (exact) mass is 394 g/mol. The van der Waals surface area contributed by atoms with Gasteiger partial charge in [0.25, 0.3) is 0 Å². The summed E-state index contributed by atoms with van der Waals surface area (Å²) >= 11 is 0. The number of hydrogen-bond donors (Lipinski definition) is 0. The first-order valence-electron chi connectivity index (χ1n) is 9.77. The van der Waals surface area contributed by atoms with Crippen LogP contribution in [0.4, 0.5) is 0 Å². The van der Waals surface area contributed by atoms with Gasteiger partial charge in [0.05, 0.1) is 37.2 Å². The normalized spacial score (nSPS) is 29.5. The summed E-state index contributed by atoms with van der Waals surface area (Å²) in [6, 6.07) is 5.63. The Morgan fingerprint density at radius 2 is 2.14 bits per heavy atom. The van der Waals surface area contributed by atoms with E-state index in [0.29, 0.717) is 25.4 Å². The Labute approximate surface area is 168 Å². The summed E-state index contributed by atoms with van der Waals surface area (Å²) in [5, 5.41) is 3.68. The molecule has 5 rings (SSSR count). The predicted octanol–water partition coefficient (Wildman–Crippen LogP) is 1.05. The molecule has 2 bridgehead atoms. The number of amides is 2. The molecular weight excluding hydrogens is 372 g/mol. The summed E-state index contributed by atoms with van der Waals surface area (Å²) in [7, 11) is 1.72. The van der Waals surface area contributed by atoms with E-state index < -0.39 is 17.4 Å². The number of rotatable bonds is 6. The Balaban J connectivity index is 1.32. The lowest BCUT2D eigenvalue weighted by Gasteiger charge is -2.27. The molecule has 2 aromatic heterocycles. The average molecular weight is 394 g/mol. The van der Waals surface area contributed by atoms with Gasteiger partial charge in [0, 0.05) is 32.1 Å². The first-order chi connectivity index (χ1) is 14.1. The number of hydrogen-bond acceptors (Lipinski definition) is 6. The summed E-state index contributed by atoms with van der Waals surface area (Å²) in [5.74, 6) is -0.484. The van der Waals surface area contributed by atoms with Crippen molar-refractivity contribution in [2.45, 2.75) is 24.7 Å². The van der Waals surface area contributed by atoms with Crippen molar-refractivity contribution in [2.75, 3.05) is 20.1 Å². The first-order valence-corrected chi connectivity index (χ1v) is 9.77. The molecule has 3 aliphatic heterocycles. The Hall–Kier alpha value is -3.00. The molecule has 0 aliphatic carbocycles. The zero-order valence-electron chi connectivity index (χ0n) is 16.1. The van der Waals surface area contributed by atoms with Crippen LogP contribution in [0.3, 0.4) is 0 Å². The molecule has 0 radical (unpaired) electrons. The minimum Gasteiger partial charge on any atom is -0.360 e. The largest absolute Gasteiger partial charge is 0.360 e. The highest BCUT2D eigenvalue weighted by molar-refractivity contribution is 5.93. The van der Waals surface area contributed by atoms with E-state index in [9.17, 15) is 9.59 Å². The molecule has 29 heavy (non-hydrogen) atoms. The van der Waals surface area contributed by atoms with Crippen molar-refractivity contribution < 1.29 is 18.8 Å². The average Bonchev–Trinajstić information content (AvgIpc) is 3.49.